The molecule has 0 aromatic carbocycles. The highest BCUT2D eigenvalue weighted by atomic mass is 32.2. The van der Waals surface area contributed by atoms with E-state index in [2.05, 4.69) is 13.8 Å². The topological polar surface area (TPSA) is 37.3 Å². The van der Waals surface area contributed by atoms with Gasteiger partial charge in [-0.15, -0.1) is 0 Å². The third kappa shape index (κ3) is 1.66. The van der Waals surface area contributed by atoms with Crippen molar-refractivity contribution in [2.45, 2.75) is 25.0 Å². The van der Waals surface area contributed by atoms with Gasteiger partial charge in [0.15, 0.2) is 0 Å². The van der Waals surface area contributed by atoms with Crippen LogP contribution in [0.25, 0.3) is 0 Å². The molecule has 0 aliphatic carbocycles. The van der Waals surface area contributed by atoms with Crippen molar-refractivity contribution in [3.8, 4) is 0 Å². The smallest absolute Gasteiger partial charge is 0.307 e. The standard InChI is InChI=1S/C7H12O2S/c1-7(2)3-5(4-10-7)6(8)9/h5H,3-4H2,1-2H3,(H,8,9). The van der Waals surface area contributed by atoms with E-state index in [1.165, 1.54) is 0 Å². The van der Waals surface area contributed by atoms with Crippen molar-refractivity contribution in [2.75, 3.05) is 5.75 Å². The monoisotopic (exact) mass is 160 g/mol. The third-order valence-electron chi connectivity index (χ3n) is 1.76. The van der Waals surface area contributed by atoms with Gasteiger partial charge in [0.1, 0.15) is 0 Å². The van der Waals surface area contributed by atoms with Crippen LogP contribution in [0.3, 0.4) is 0 Å². The van der Waals surface area contributed by atoms with Crippen molar-refractivity contribution in [2.24, 2.45) is 5.92 Å². The highest BCUT2D eigenvalue weighted by Gasteiger charge is 2.35. The Morgan fingerprint density at radius 1 is 1.70 bits per heavy atom. The van der Waals surface area contributed by atoms with Crippen molar-refractivity contribution in [1.29, 1.82) is 0 Å². The van der Waals surface area contributed by atoms with Crippen LogP contribution in [-0.2, 0) is 4.79 Å². The number of thioether (sulfide) groups is 1. The Kier molecular flexibility index (Phi) is 1.95. The predicted molar refractivity (Wildman–Crippen MR) is 42.3 cm³/mol. The van der Waals surface area contributed by atoms with Crippen molar-refractivity contribution in [3.63, 3.8) is 0 Å². The van der Waals surface area contributed by atoms with Crippen molar-refractivity contribution < 1.29 is 9.90 Å². The molecule has 3 heteroatoms. The number of carboxylic acid groups (broad SMARTS) is 1. The SMILES string of the molecule is CC1(C)CC(C(=O)O)CS1. The number of carbonyl (C=O) groups is 1. The van der Waals surface area contributed by atoms with E-state index in [0.717, 1.165) is 12.2 Å². The van der Waals surface area contributed by atoms with Gasteiger partial charge in [-0.1, -0.05) is 13.8 Å². The lowest BCUT2D eigenvalue weighted by Gasteiger charge is -2.14. The lowest BCUT2D eigenvalue weighted by Crippen LogP contribution is -2.16. The summed E-state index contributed by atoms with van der Waals surface area (Å²) in [6.07, 6.45) is 0.812. The molecule has 0 radical (unpaired) electrons. The minimum absolute atomic E-state index is 0.111. The van der Waals surface area contributed by atoms with Crippen LogP contribution in [-0.4, -0.2) is 21.6 Å². The van der Waals surface area contributed by atoms with Crippen LogP contribution in [0.4, 0.5) is 0 Å². The summed E-state index contributed by atoms with van der Waals surface area (Å²) >= 11 is 1.76. The summed E-state index contributed by atoms with van der Waals surface area (Å²) in [5.74, 6) is 0.0283. The van der Waals surface area contributed by atoms with Gasteiger partial charge in [-0.25, -0.2) is 0 Å². The summed E-state index contributed by atoms with van der Waals surface area (Å²) < 4.78 is 0.184. The van der Waals surface area contributed by atoms with Crippen molar-refractivity contribution >= 4 is 17.7 Å². The summed E-state index contributed by atoms with van der Waals surface area (Å²) in [6.45, 7) is 4.20. The van der Waals surface area contributed by atoms with Gasteiger partial charge in [0.2, 0.25) is 0 Å². The van der Waals surface area contributed by atoms with Crippen molar-refractivity contribution in [3.05, 3.63) is 0 Å². The summed E-state index contributed by atoms with van der Waals surface area (Å²) in [5.41, 5.74) is 0. The van der Waals surface area contributed by atoms with Gasteiger partial charge in [-0.05, 0) is 6.42 Å². The second-order valence-electron chi connectivity index (χ2n) is 3.31. The maximum Gasteiger partial charge on any atom is 0.307 e. The highest BCUT2D eigenvalue weighted by molar-refractivity contribution is 8.00. The van der Waals surface area contributed by atoms with E-state index in [-0.39, 0.29) is 10.7 Å². The maximum absolute atomic E-state index is 10.5. The molecule has 10 heavy (non-hydrogen) atoms. The minimum atomic E-state index is -0.641. The van der Waals surface area contributed by atoms with Gasteiger partial charge in [0.25, 0.3) is 0 Å². The van der Waals surface area contributed by atoms with Crippen LogP contribution in [0.1, 0.15) is 20.3 Å². The first-order valence-electron chi connectivity index (χ1n) is 3.38. The average molecular weight is 160 g/mol. The molecule has 0 amide bonds. The van der Waals surface area contributed by atoms with E-state index in [4.69, 9.17) is 5.11 Å². The molecule has 0 saturated carbocycles. The molecule has 0 spiro atoms. The molecule has 58 valence electrons. The fourth-order valence-electron chi connectivity index (χ4n) is 1.20. The van der Waals surface area contributed by atoms with E-state index < -0.39 is 5.97 Å². The van der Waals surface area contributed by atoms with Gasteiger partial charge in [-0.2, -0.15) is 11.8 Å². The molecule has 1 heterocycles. The molecule has 1 saturated heterocycles. The van der Waals surface area contributed by atoms with Gasteiger partial charge in [0.05, 0.1) is 5.92 Å². The number of rotatable bonds is 1. The molecule has 1 fully saturated rings. The molecule has 1 aliphatic rings. The first kappa shape index (κ1) is 7.92. The Morgan fingerprint density at radius 3 is 2.50 bits per heavy atom. The molecular formula is C7H12O2S. The first-order chi connectivity index (χ1) is 4.51. The number of carboxylic acids is 1. The summed E-state index contributed by atoms with van der Waals surface area (Å²) in [4.78, 5) is 10.5. The fraction of sp³-hybridized carbons (Fsp3) is 0.857. The molecule has 1 N–H and O–H groups in total. The quantitative estimate of drug-likeness (QED) is 0.633. The second kappa shape index (κ2) is 2.46. The molecule has 2 nitrogen and oxygen atoms in total. The van der Waals surface area contributed by atoms with Crippen LogP contribution >= 0.6 is 11.8 Å². The van der Waals surface area contributed by atoms with E-state index in [1.807, 2.05) is 0 Å². The largest absolute Gasteiger partial charge is 0.481 e. The van der Waals surface area contributed by atoms with Gasteiger partial charge in [0, 0.05) is 10.5 Å². The average Bonchev–Trinajstić information content (AvgIpc) is 2.10. The van der Waals surface area contributed by atoms with Crippen LogP contribution < -0.4 is 0 Å². The zero-order valence-electron chi connectivity index (χ0n) is 6.26. The minimum Gasteiger partial charge on any atom is -0.481 e. The third-order valence-corrected chi connectivity index (χ3v) is 3.28. The van der Waals surface area contributed by atoms with E-state index in [9.17, 15) is 4.79 Å². The maximum atomic E-state index is 10.5. The lowest BCUT2D eigenvalue weighted by molar-refractivity contribution is -0.141. The molecule has 0 aromatic heterocycles. The normalized spacial score (nSPS) is 30.4. The first-order valence-corrected chi connectivity index (χ1v) is 4.36. The van der Waals surface area contributed by atoms with Gasteiger partial charge >= 0.3 is 5.97 Å². The van der Waals surface area contributed by atoms with E-state index in [0.29, 0.717) is 0 Å². The Morgan fingerprint density at radius 2 is 2.30 bits per heavy atom. The summed E-state index contributed by atoms with van der Waals surface area (Å²) in [6, 6.07) is 0. The van der Waals surface area contributed by atoms with Crippen LogP contribution in [0.2, 0.25) is 0 Å². The van der Waals surface area contributed by atoms with Crippen LogP contribution in [0, 0.1) is 5.92 Å². The summed E-state index contributed by atoms with van der Waals surface area (Å²) in [7, 11) is 0. The second-order valence-corrected chi connectivity index (χ2v) is 5.04. The van der Waals surface area contributed by atoms with Gasteiger partial charge in [-0.3, -0.25) is 4.79 Å². The number of aliphatic carboxylic acids is 1. The van der Waals surface area contributed by atoms with Crippen LogP contribution in [0.5, 0.6) is 0 Å². The molecule has 0 bridgehead atoms. The van der Waals surface area contributed by atoms with E-state index >= 15 is 0 Å². The lowest BCUT2D eigenvalue weighted by atomic mass is 9.99. The Bertz CT molecular complexity index is 154. The van der Waals surface area contributed by atoms with Crippen LogP contribution in [0.15, 0.2) is 0 Å². The Hall–Kier alpha value is -0.180. The molecule has 1 atom stereocenters. The number of hydrogen-bond donors (Lipinski definition) is 1. The summed E-state index contributed by atoms with van der Waals surface area (Å²) in [5, 5.41) is 8.63. The molecule has 1 unspecified atom stereocenters. The molecule has 1 aliphatic heterocycles. The highest BCUT2D eigenvalue weighted by Crippen LogP contribution is 2.40. The zero-order chi connectivity index (χ0) is 7.78. The van der Waals surface area contributed by atoms with E-state index in [1.54, 1.807) is 11.8 Å². The molecule has 0 aromatic rings. The predicted octanol–water partition coefficient (Wildman–Crippen LogP) is 1.60. The number of hydrogen-bond acceptors (Lipinski definition) is 2. The van der Waals surface area contributed by atoms with Gasteiger partial charge < -0.3 is 5.11 Å². The van der Waals surface area contributed by atoms with Crippen molar-refractivity contribution in [1.82, 2.24) is 0 Å². The molecule has 1 rings (SSSR count). The Labute approximate surface area is 65.0 Å². The fourth-order valence-corrected chi connectivity index (χ4v) is 2.43. The molecular weight excluding hydrogens is 148 g/mol. The zero-order valence-corrected chi connectivity index (χ0v) is 7.07. The Balaban J connectivity index is 2.51.